The zero-order valence-corrected chi connectivity index (χ0v) is 10.1. The van der Waals surface area contributed by atoms with Crippen LogP contribution >= 0.6 is 12.4 Å². The fourth-order valence-corrected chi connectivity index (χ4v) is 2.27. The van der Waals surface area contributed by atoms with E-state index in [4.69, 9.17) is 4.74 Å². The lowest BCUT2D eigenvalue weighted by Gasteiger charge is -2.22. The summed E-state index contributed by atoms with van der Waals surface area (Å²) < 4.78 is 5.35. The second-order valence-corrected chi connectivity index (χ2v) is 4.44. The van der Waals surface area contributed by atoms with Crippen LogP contribution in [0.2, 0.25) is 0 Å². The van der Waals surface area contributed by atoms with Gasteiger partial charge in [0.05, 0.1) is 0 Å². The third-order valence-corrected chi connectivity index (χ3v) is 3.26. The van der Waals surface area contributed by atoms with Crippen molar-refractivity contribution in [1.82, 2.24) is 5.32 Å². The fourth-order valence-electron chi connectivity index (χ4n) is 2.27. The largest absolute Gasteiger partial charge is 0.381 e. The van der Waals surface area contributed by atoms with Crippen LogP contribution in [0.25, 0.3) is 0 Å². The highest BCUT2D eigenvalue weighted by molar-refractivity contribution is 5.85. The fraction of sp³-hybridized carbons (Fsp3) is 0.833. The van der Waals surface area contributed by atoms with Gasteiger partial charge in [-0.15, -0.1) is 12.4 Å². The highest BCUT2D eigenvalue weighted by atomic mass is 35.5. The van der Waals surface area contributed by atoms with Crippen molar-refractivity contribution < 1.29 is 4.74 Å². The summed E-state index contributed by atoms with van der Waals surface area (Å²) in [4.78, 5) is 0. The van der Waals surface area contributed by atoms with Gasteiger partial charge >= 0.3 is 0 Å². The van der Waals surface area contributed by atoms with Crippen LogP contribution in [0.1, 0.15) is 25.7 Å². The third kappa shape index (κ3) is 4.54. The van der Waals surface area contributed by atoms with Gasteiger partial charge in [-0.05, 0) is 44.1 Å². The molecule has 0 aromatic carbocycles. The Morgan fingerprint density at radius 3 is 2.40 bits per heavy atom. The molecule has 2 aliphatic rings. The van der Waals surface area contributed by atoms with Gasteiger partial charge in [-0.3, -0.25) is 0 Å². The van der Waals surface area contributed by atoms with E-state index >= 15 is 0 Å². The summed E-state index contributed by atoms with van der Waals surface area (Å²) >= 11 is 0. The van der Waals surface area contributed by atoms with E-state index in [-0.39, 0.29) is 12.4 Å². The molecule has 2 saturated heterocycles. The Balaban J connectivity index is 0.00000112. The predicted octanol–water partition coefficient (Wildman–Crippen LogP) is 2.39. The van der Waals surface area contributed by atoms with Gasteiger partial charge in [0.25, 0.3) is 0 Å². The van der Waals surface area contributed by atoms with E-state index in [0.717, 1.165) is 25.0 Å². The molecule has 0 aromatic rings. The number of hydrogen-bond acceptors (Lipinski definition) is 2. The summed E-state index contributed by atoms with van der Waals surface area (Å²) in [6, 6.07) is 0. The van der Waals surface area contributed by atoms with E-state index < -0.39 is 0 Å². The van der Waals surface area contributed by atoms with Crippen LogP contribution in [0, 0.1) is 11.8 Å². The molecule has 2 fully saturated rings. The van der Waals surface area contributed by atoms with Crippen LogP contribution < -0.4 is 5.32 Å². The first-order valence-corrected chi connectivity index (χ1v) is 5.92. The van der Waals surface area contributed by atoms with Gasteiger partial charge in [0.15, 0.2) is 0 Å². The molecule has 0 spiro atoms. The molecule has 3 heteroatoms. The van der Waals surface area contributed by atoms with Gasteiger partial charge in [-0.1, -0.05) is 12.2 Å². The monoisotopic (exact) mass is 231 g/mol. The van der Waals surface area contributed by atoms with E-state index in [9.17, 15) is 0 Å². The van der Waals surface area contributed by atoms with E-state index in [1.54, 1.807) is 0 Å². The Kier molecular flexibility index (Phi) is 6.30. The summed E-state index contributed by atoms with van der Waals surface area (Å²) in [7, 11) is 0. The topological polar surface area (TPSA) is 21.3 Å². The highest BCUT2D eigenvalue weighted by Gasteiger charge is 2.13. The summed E-state index contributed by atoms with van der Waals surface area (Å²) in [5.41, 5.74) is 0. The van der Waals surface area contributed by atoms with Crippen molar-refractivity contribution in [2.75, 3.05) is 26.3 Å². The quantitative estimate of drug-likeness (QED) is 0.737. The Morgan fingerprint density at radius 2 is 1.73 bits per heavy atom. The average Bonchev–Trinajstić information content (AvgIpc) is 2.29. The van der Waals surface area contributed by atoms with Crippen molar-refractivity contribution >= 4 is 12.4 Å². The first-order valence-electron chi connectivity index (χ1n) is 5.92. The molecule has 0 bridgehead atoms. The maximum absolute atomic E-state index is 5.35. The number of hydrogen-bond donors (Lipinski definition) is 1. The number of nitrogens with one attached hydrogen (secondary N) is 1. The summed E-state index contributed by atoms with van der Waals surface area (Å²) in [5.74, 6) is 1.57. The molecule has 0 aromatic heterocycles. The lowest BCUT2D eigenvalue weighted by Crippen LogP contribution is -2.28. The highest BCUT2D eigenvalue weighted by Crippen LogP contribution is 2.18. The molecule has 15 heavy (non-hydrogen) atoms. The molecule has 2 heterocycles. The molecule has 2 aliphatic heterocycles. The molecule has 88 valence electrons. The third-order valence-electron chi connectivity index (χ3n) is 3.26. The van der Waals surface area contributed by atoms with Gasteiger partial charge in [-0.2, -0.15) is 0 Å². The molecular weight excluding hydrogens is 210 g/mol. The first kappa shape index (κ1) is 13.0. The molecule has 2 rings (SSSR count). The van der Waals surface area contributed by atoms with E-state index in [0.29, 0.717) is 0 Å². The predicted molar refractivity (Wildman–Crippen MR) is 65.5 cm³/mol. The number of rotatable bonds is 2. The maximum atomic E-state index is 5.35. The molecule has 1 atom stereocenters. The van der Waals surface area contributed by atoms with E-state index in [1.165, 1.54) is 38.8 Å². The lowest BCUT2D eigenvalue weighted by atomic mass is 9.94. The molecular formula is C12H22ClNO. The standard InChI is InChI=1S/C12H21NO.ClH/c1-2-12(10-13-7-1)4-3-11-5-8-14-9-6-11;/h3-4,11-13H,1-2,5-10H2;1H/b4-3+;. The van der Waals surface area contributed by atoms with Crippen LogP contribution in [0.3, 0.4) is 0 Å². The molecule has 0 amide bonds. The van der Waals surface area contributed by atoms with Crippen molar-refractivity contribution in [2.24, 2.45) is 11.8 Å². The van der Waals surface area contributed by atoms with Crippen molar-refractivity contribution in [3.05, 3.63) is 12.2 Å². The summed E-state index contributed by atoms with van der Waals surface area (Å²) in [5, 5.41) is 3.45. The molecule has 1 unspecified atom stereocenters. The van der Waals surface area contributed by atoms with E-state index in [2.05, 4.69) is 17.5 Å². The smallest absolute Gasteiger partial charge is 0.0471 e. The molecule has 0 aliphatic carbocycles. The molecule has 2 nitrogen and oxygen atoms in total. The van der Waals surface area contributed by atoms with Gasteiger partial charge in [0.2, 0.25) is 0 Å². The zero-order chi connectivity index (χ0) is 9.64. The number of piperidine rings is 1. The van der Waals surface area contributed by atoms with Gasteiger partial charge in [0.1, 0.15) is 0 Å². The number of halogens is 1. The Labute approximate surface area is 98.9 Å². The van der Waals surface area contributed by atoms with Crippen molar-refractivity contribution in [2.45, 2.75) is 25.7 Å². The van der Waals surface area contributed by atoms with Crippen LogP contribution in [0.4, 0.5) is 0 Å². The maximum Gasteiger partial charge on any atom is 0.0471 e. The number of ether oxygens (including phenoxy) is 1. The van der Waals surface area contributed by atoms with Crippen molar-refractivity contribution in [1.29, 1.82) is 0 Å². The van der Waals surface area contributed by atoms with Crippen molar-refractivity contribution in [3.63, 3.8) is 0 Å². The minimum Gasteiger partial charge on any atom is -0.381 e. The SMILES string of the molecule is C(=C\C1CCCNC1)/C1CCOCC1.Cl. The normalized spacial score (nSPS) is 28.9. The molecule has 1 N–H and O–H groups in total. The molecule has 0 radical (unpaired) electrons. The second kappa shape index (κ2) is 7.26. The minimum absolute atomic E-state index is 0. The molecule has 0 saturated carbocycles. The summed E-state index contributed by atoms with van der Waals surface area (Å²) in [6.45, 7) is 4.30. The lowest BCUT2D eigenvalue weighted by molar-refractivity contribution is 0.0784. The summed E-state index contributed by atoms with van der Waals surface area (Å²) in [6.07, 6.45) is 10.0. The second-order valence-electron chi connectivity index (χ2n) is 4.44. The van der Waals surface area contributed by atoms with Crippen LogP contribution in [0.5, 0.6) is 0 Å². The van der Waals surface area contributed by atoms with Gasteiger partial charge in [0, 0.05) is 19.8 Å². The zero-order valence-electron chi connectivity index (χ0n) is 9.28. The minimum atomic E-state index is 0. The van der Waals surface area contributed by atoms with Crippen LogP contribution in [-0.4, -0.2) is 26.3 Å². The first-order chi connectivity index (χ1) is 6.95. The van der Waals surface area contributed by atoms with Crippen molar-refractivity contribution in [3.8, 4) is 0 Å². The van der Waals surface area contributed by atoms with Crippen LogP contribution in [-0.2, 0) is 4.74 Å². The Bertz CT molecular complexity index is 164. The van der Waals surface area contributed by atoms with Gasteiger partial charge in [-0.25, -0.2) is 0 Å². The average molecular weight is 232 g/mol. The Morgan fingerprint density at radius 1 is 1.00 bits per heavy atom. The van der Waals surface area contributed by atoms with Crippen LogP contribution in [0.15, 0.2) is 12.2 Å². The Hall–Kier alpha value is -0.0500. The van der Waals surface area contributed by atoms with Gasteiger partial charge < -0.3 is 10.1 Å². The number of allylic oxidation sites excluding steroid dienone is 1. The van der Waals surface area contributed by atoms with E-state index in [1.807, 2.05) is 0 Å².